The van der Waals surface area contributed by atoms with E-state index in [9.17, 15) is 4.79 Å². The second kappa shape index (κ2) is 4.71. The Balaban J connectivity index is 3.56. The molecule has 4 nitrogen and oxygen atoms in total. The van der Waals surface area contributed by atoms with E-state index in [1.807, 2.05) is 0 Å². The highest BCUT2D eigenvalue weighted by Gasteiger charge is 2.00. The zero-order valence-electron chi connectivity index (χ0n) is 7.29. The van der Waals surface area contributed by atoms with Crippen LogP contribution in [0.25, 0.3) is 0 Å². The number of rotatable bonds is 3. The van der Waals surface area contributed by atoms with Crippen LogP contribution in [0.1, 0.15) is 13.3 Å². The van der Waals surface area contributed by atoms with Crippen molar-refractivity contribution in [1.82, 2.24) is 4.90 Å². The van der Waals surface area contributed by atoms with E-state index in [4.69, 9.17) is 5.73 Å². The number of carbonyl (C=O) groups is 1. The Labute approximate surface area is 67.1 Å². The lowest BCUT2D eigenvalue weighted by atomic mass is 10.4. The molecule has 0 unspecified atom stereocenters. The molecule has 2 N–H and O–H groups in total. The van der Waals surface area contributed by atoms with Crippen LogP contribution in [0.2, 0.25) is 0 Å². The average Bonchev–Trinajstić information content (AvgIpc) is 1.86. The Morgan fingerprint density at radius 2 is 2.09 bits per heavy atom. The quantitative estimate of drug-likeness (QED) is 0.457. The van der Waals surface area contributed by atoms with Gasteiger partial charge in [-0.2, -0.15) is 0 Å². The summed E-state index contributed by atoms with van der Waals surface area (Å²) in [4.78, 5) is 16.4. The molecule has 0 aliphatic carbocycles. The van der Waals surface area contributed by atoms with Gasteiger partial charge >= 0.3 is 0 Å². The van der Waals surface area contributed by atoms with Crippen LogP contribution in [0, 0.1) is 0 Å². The van der Waals surface area contributed by atoms with E-state index in [0.717, 1.165) is 0 Å². The molecule has 0 saturated heterocycles. The fourth-order valence-electron chi connectivity index (χ4n) is 0.552. The van der Waals surface area contributed by atoms with Gasteiger partial charge in [0.1, 0.15) is 0 Å². The van der Waals surface area contributed by atoms with Gasteiger partial charge < -0.3 is 10.6 Å². The van der Waals surface area contributed by atoms with Crippen LogP contribution in [-0.4, -0.2) is 37.3 Å². The number of aliphatic imine (C=N–C) groups is 1. The van der Waals surface area contributed by atoms with Crippen LogP contribution in [-0.2, 0) is 4.79 Å². The average molecular weight is 157 g/mol. The summed E-state index contributed by atoms with van der Waals surface area (Å²) in [6.45, 7) is 2.19. The van der Waals surface area contributed by atoms with E-state index in [1.54, 1.807) is 25.9 Å². The summed E-state index contributed by atoms with van der Waals surface area (Å²) in [6.07, 6.45) is 0.432. The van der Waals surface area contributed by atoms with Crippen molar-refractivity contribution in [3.8, 4) is 0 Å². The van der Waals surface area contributed by atoms with E-state index in [2.05, 4.69) is 4.99 Å². The normalized spacial score (nSPS) is 11.4. The molecule has 4 heteroatoms. The Morgan fingerprint density at radius 3 is 2.45 bits per heavy atom. The van der Waals surface area contributed by atoms with Gasteiger partial charge in [-0.1, -0.05) is 0 Å². The summed E-state index contributed by atoms with van der Waals surface area (Å²) in [5.41, 5.74) is 5.28. The molecule has 0 radical (unpaired) electrons. The predicted octanol–water partition coefficient (Wildman–Crippen LogP) is -0.158. The zero-order chi connectivity index (χ0) is 8.85. The van der Waals surface area contributed by atoms with Crippen molar-refractivity contribution < 1.29 is 4.79 Å². The Kier molecular flexibility index (Phi) is 4.26. The summed E-state index contributed by atoms with van der Waals surface area (Å²) in [5, 5.41) is 0. The highest BCUT2D eigenvalue weighted by molar-refractivity contribution is 5.79. The molecule has 0 fully saturated rings. The van der Waals surface area contributed by atoms with Gasteiger partial charge in [-0.25, -0.2) is 0 Å². The molecular weight excluding hydrogens is 142 g/mol. The van der Waals surface area contributed by atoms with Crippen molar-refractivity contribution in [2.24, 2.45) is 10.7 Å². The van der Waals surface area contributed by atoms with Crippen LogP contribution in [0.5, 0.6) is 0 Å². The lowest BCUT2D eigenvalue weighted by Crippen LogP contribution is -2.22. The molecule has 0 heterocycles. The number of amides is 1. The standard InChI is InChI=1S/C7H15N3O/c1-6(8)9-5-4-7(11)10(2)3/h4-5H2,1-3H3,(H2,8,9). The van der Waals surface area contributed by atoms with Crippen LogP contribution < -0.4 is 5.73 Å². The van der Waals surface area contributed by atoms with Gasteiger partial charge in [0.25, 0.3) is 0 Å². The van der Waals surface area contributed by atoms with Crippen molar-refractivity contribution in [2.45, 2.75) is 13.3 Å². The maximum Gasteiger partial charge on any atom is 0.223 e. The summed E-state index contributed by atoms with van der Waals surface area (Å²) >= 11 is 0. The largest absolute Gasteiger partial charge is 0.388 e. The second-order valence-electron chi connectivity index (χ2n) is 2.56. The number of nitrogens with zero attached hydrogens (tertiary/aromatic N) is 2. The first-order valence-corrected chi connectivity index (χ1v) is 3.50. The Hall–Kier alpha value is -1.06. The fourth-order valence-corrected chi connectivity index (χ4v) is 0.552. The monoisotopic (exact) mass is 157 g/mol. The van der Waals surface area contributed by atoms with Crippen molar-refractivity contribution in [2.75, 3.05) is 20.6 Å². The van der Waals surface area contributed by atoms with Gasteiger partial charge in [0.2, 0.25) is 5.91 Å². The van der Waals surface area contributed by atoms with Crippen molar-refractivity contribution in [3.63, 3.8) is 0 Å². The van der Waals surface area contributed by atoms with Crippen LogP contribution in [0.15, 0.2) is 4.99 Å². The smallest absolute Gasteiger partial charge is 0.223 e. The molecule has 0 aromatic rings. The molecule has 0 aromatic carbocycles. The molecule has 0 rings (SSSR count). The summed E-state index contributed by atoms with van der Waals surface area (Å²) < 4.78 is 0. The minimum atomic E-state index is 0.0787. The molecule has 0 bridgehead atoms. The van der Waals surface area contributed by atoms with Gasteiger partial charge in [-0.05, 0) is 6.92 Å². The maximum atomic E-state index is 10.9. The number of amidine groups is 1. The van der Waals surface area contributed by atoms with Gasteiger partial charge in [0.15, 0.2) is 0 Å². The SMILES string of the molecule is CC(N)=NCCC(=O)N(C)C. The van der Waals surface area contributed by atoms with Crippen LogP contribution in [0.4, 0.5) is 0 Å². The second-order valence-corrected chi connectivity index (χ2v) is 2.56. The van der Waals surface area contributed by atoms with Gasteiger partial charge in [-0.3, -0.25) is 9.79 Å². The number of hydrogen-bond donors (Lipinski definition) is 1. The molecule has 0 aromatic heterocycles. The first-order valence-electron chi connectivity index (χ1n) is 3.50. The maximum absolute atomic E-state index is 10.9. The fraction of sp³-hybridized carbons (Fsp3) is 0.714. The number of hydrogen-bond acceptors (Lipinski definition) is 2. The molecule has 1 amide bonds. The van der Waals surface area contributed by atoms with Gasteiger partial charge in [-0.15, -0.1) is 0 Å². The first kappa shape index (κ1) is 9.94. The lowest BCUT2D eigenvalue weighted by Gasteiger charge is -2.07. The first-order chi connectivity index (χ1) is 5.04. The molecule has 0 aliphatic rings. The molecule has 0 saturated carbocycles. The topological polar surface area (TPSA) is 58.7 Å². The van der Waals surface area contributed by atoms with E-state index >= 15 is 0 Å². The van der Waals surface area contributed by atoms with Crippen molar-refractivity contribution in [1.29, 1.82) is 0 Å². The van der Waals surface area contributed by atoms with E-state index in [-0.39, 0.29) is 5.91 Å². The molecular formula is C7H15N3O. The molecule has 0 aliphatic heterocycles. The molecule has 0 spiro atoms. The summed E-state index contributed by atoms with van der Waals surface area (Å²) in [7, 11) is 3.45. The molecule has 0 atom stereocenters. The van der Waals surface area contributed by atoms with E-state index < -0.39 is 0 Å². The van der Waals surface area contributed by atoms with Crippen molar-refractivity contribution in [3.05, 3.63) is 0 Å². The number of carbonyl (C=O) groups excluding carboxylic acids is 1. The summed E-state index contributed by atoms with van der Waals surface area (Å²) in [6, 6.07) is 0. The third-order valence-corrected chi connectivity index (χ3v) is 1.19. The highest BCUT2D eigenvalue weighted by Crippen LogP contribution is 1.87. The minimum Gasteiger partial charge on any atom is -0.388 e. The Bertz CT molecular complexity index is 159. The molecule has 11 heavy (non-hydrogen) atoms. The Morgan fingerprint density at radius 1 is 1.55 bits per heavy atom. The van der Waals surface area contributed by atoms with Gasteiger partial charge in [0.05, 0.1) is 5.84 Å². The third-order valence-electron chi connectivity index (χ3n) is 1.19. The highest BCUT2D eigenvalue weighted by atomic mass is 16.2. The van der Waals surface area contributed by atoms with Crippen LogP contribution >= 0.6 is 0 Å². The lowest BCUT2D eigenvalue weighted by molar-refractivity contribution is -0.128. The summed E-state index contributed by atoms with van der Waals surface area (Å²) in [5.74, 6) is 0.603. The minimum absolute atomic E-state index is 0.0787. The number of nitrogens with two attached hydrogens (primary N) is 1. The van der Waals surface area contributed by atoms with Gasteiger partial charge in [0, 0.05) is 27.1 Å². The van der Waals surface area contributed by atoms with Crippen molar-refractivity contribution >= 4 is 11.7 Å². The van der Waals surface area contributed by atoms with Crippen LogP contribution in [0.3, 0.4) is 0 Å². The third kappa shape index (κ3) is 5.39. The van der Waals surface area contributed by atoms with E-state index in [0.29, 0.717) is 18.8 Å². The predicted molar refractivity (Wildman–Crippen MR) is 45.5 cm³/mol. The molecule has 64 valence electrons. The zero-order valence-corrected chi connectivity index (χ0v) is 7.29. The van der Waals surface area contributed by atoms with E-state index in [1.165, 1.54) is 0 Å².